The summed E-state index contributed by atoms with van der Waals surface area (Å²) >= 11 is 0. The minimum absolute atomic E-state index is 0.141. The standard InChI is InChI=1S/C24H30FN3O2/c1-30-23-10-9-20(25)15-19(23)16-27-11-13-28(14-12-27)17-24(29)26-22-8-4-6-18-5-2-3-7-21(18)22/h2-3,5,7,9-10,15,22H,4,6,8,11-14,16-17H2,1H3,(H,26,29)/p+2/t22-/m1/s1. The fourth-order valence-corrected chi connectivity index (χ4v) is 4.84. The van der Waals surface area contributed by atoms with Crippen LogP contribution in [0.4, 0.5) is 4.39 Å². The number of hydrogen-bond donors (Lipinski definition) is 3. The van der Waals surface area contributed by atoms with Gasteiger partial charge in [-0.2, -0.15) is 0 Å². The number of carbonyl (C=O) groups is 1. The van der Waals surface area contributed by atoms with Crippen molar-refractivity contribution in [1.29, 1.82) is 0 Å². The van der Waals surface area contributed by atoms with Crippen molar-refractivity contribution in [3.8, 4) is 5.75 Å². The highest BCUT2D eigenvalue weighted by Crippen LogP contribution is 2.29. The van der Waals surface area contributed by atoms with Crippen LogP contribution in [0, 0.1) is 5.82 Å². The second-order valence-corrected chi connectivity index (χ2v) is 8.52. The lowest BCUT2D eigenvalue weighted by molar-refractivity contribution is -1.02. The number of methoxy groups -OCH3 is 1. The number of piperazine rings is 1. The second kappa shape index (κ2) is 9.58. The number of ether oxygens (including phenoxy) is 1. The third kappa shape index (κ3) is 4.99. The molecule has 0 aromatic heterocycles. The van der Waals surface area contributed by atoms with Crippen molar-refractivity contribution in [1.82, 2.24) is 5.32 Å². The number of carbonyl (C=O) groups excluding carboxylic acids is 1. The molecule has 6 heteroatoms. The van der Waals surface area contributed by atoms with Gasteiger partial charge < -0.3 is 19.9 Å². The van der Waals surface area contributed by atoms with Crippen LogP contribution >= 0.6 is 0 Å². The summed E-state index contributed by atoms with van der Waals surface area (Å²) in [5, 5.41) is 3.27. The van der Waals surface area contributed by atoms with Gasteiger partial charge in [0.1, 0.15) is 44.3 Å². The predicted octanol–water partition coefficient (Wildman–Crippen LogP) is 0.312. The molecule has 3 N–H and O–H groups in total. The van der Waals surface area contributed by atoms with Crippen molar-refractivity contribution in [2.45, 2.75) is 31.8 Å². The number of rotatable bonds is 6. The van der Waals surface area contributed by atoms with E-state index in [0.29, 0.717) is 6.54 Å². The normalized spacial score (nSPS) is 23.5. The van der Waals surface area contributed by atoms with Crippen LogP contribution in [0.25, 0.3) is 0 Å². The van der Waals surface area contributed by atoms with Crippen molar-refractivity contribution in [3.63, 3.8) is 0 Å². The van der Waals surface area contributed by atoms with E-state index in [1.165, 1.54) is 27.0 Å². The fraction of sp³-hybridized carbons (Fsp3) is 0.458. The molecule has 4 rings (SSSR count). The maximum Gasteiger partial charge on any atom is 0.275 e. The molecule has 2 aromatic rings. The molecular formula is C24H32FN3O2+2. The molecule has 0 spiro atoms. The van der Waals surface area contributed by atoms with Crippen LogP contribution in [0.5, 0.6) is 5.75 Å². The Labute approximate surface area is 177 Å². The largest absolute Gasteiger partial charge is 0.496 e. The number of benzene rings is 2. The smallest absolute Gasteiger partial charge is 0.275 e. The number of quaternary nitrogens is 2. The van der Waals surface area contributed by atoms with Gasteiger partial charge in [-0.25, -0.2) is 4.39 Å². The Balaban J connectivity index is 1.26. The minimum atomic E-state index is -0.226. The van der Waals surface area contributed by atoms with Crippen LogP contribution in [-0.2, 0) is 17.8 Å². The lowest BCUT2D eigenvalue weighted by Crippen LogP contribution is -3.28. The van der Waals surface area contributed by atoms with Gasteiger partial charge >= 0.3 is 0 Å². The monoisotopic (exact) mass is 413 g/mol. The summed E-state index contributed by atoms with van der Waals surface area (Å²) in [6.07, 6.45) is 3.25. The predicted molar refractivity (Wildman–Crippen MR) is 113 cm³/mol. The van der Waals surface area contributed by atoms with E-state index in [4.69, 9.17) is 4.74 Å². The molecular weight excluding hydrogens is 381 g/mol. The molecule has 1 amide bonds. The van der Waals surface area contributed by atoms with Crippen LogP contribution in [0.3, 0.4) is 0 Å². The average Bonchev–Trinajstić information content (AvgIpc) is 2.75. The van der Waals surface area contributed by atoms with Gasteiger partial charge in [0.05, 0.1) is 18.7 Å². The van der Waals surface area contributed by atoms with Gasteiger partial charge in [0.2, 0.25) is 0 Å². The summed E-state index contributed by atoms with van der Waals surface area (Å²) in [5.74, 6) is 0.656. The van der Waals surface area contributed by atoms with Crippen LogP contribution in [0.2, 0.25) is 0 Å². The molecule has 1 heterocycles. The molecule has 0 radical (unpaired) electrons. The first-order chi connectivity index (χ1) is 14.6. The summed E-state index contributed by atoms with van der Waals surface area (Å²) in [6.45, 7) is 5.10. The molecule has 5 nitrogen and oxygen atoms in total. The molecule has 0 unspecified atom stereocenters. The molecule has 1 aliphatic carbocycles. The van der Waals surface area contributed by atoms with Gasteiger partial charge in [-0.05, 0) is 48.6 Å². The van der Waals surface area contributed by atoms with Crippen LogP contribution in [0.1, 0.15) is 35.6 Å². The van der Waals surface area contributed by atoms with Crippen molar-refractivity contribution in [2.24, 2.45) is 0 Å². The highest BCUT2D eigenvalue weighted by Gasteiger charge is 2.27. The number of aryl methyl sites for hydroxylation is 1. The van der Waals surface area contributed by atoms with Crippen molar-refractivity contribution in [3.05, 3.63) is 65.0 Å². The van der Waals surface area contributed by atoms with E-state index in [0.717, 1.165) is 63.3 Å². The summed E-state index contributed by atoms with van der Waals surface area (Å²) < 4.78 is 19.0. The Morgan fingerprint density at radius 1 is 1.13 bits per heavy atom. The Hall–Kier alpha value is -2.44. The zero-order valence-electron chi connectivity index (χ0n) is 17.7. The highest BCUT2D eigenvalue weighted by atomic mass is 19.1. The minimum Gasteiger partial charge on any atom is -0.496 e. The van der Waals surface area contributed by atoms with Crippen LogP contribution < -0.4 is 19.9 Å². The third-order valence-corrected chi connectivity index (χ3v) is 6.46. The Bertz CT molecular complexity index is 881. The van der Waals surface area contributed by atoms with E-state index in [1.807, 2.05) is 0 Å². The Morgan fingerprint density at radius 2 is 1.90 bits per heavy atom. The molecule has 2 aromatic carbocycles. The molecule has 1 saturated heterocycles. The molecule has 160 valence electrons. The molecule has 30 heavy (non-hydrogen) atoms. The number of nitrogens with one attached hydrogen (secondary N) is 3. The lowest BCUT2D eigenvalue weighted by Gasteiger charge is -2.31. The first-order valence-electron chi connectivity index (χ1n) is 11.0. The van der Waals surface area contributed by atoms with Gasteiger partial charge in [-0.15, -0.1) is 0 Å². The highest BCUT2D eigenvalue weighted by molar-refractivity contribution is 5.77. The first-order valence-corrected chi connectivity index (χ1v) is 11.0. The van der Waals surface area contributed by atoms with E-state index in [1.54, 1.807) is 19.2 Å². The van der Waals surface area contributed by atoms with E-state index in [2.05, 4.69) is 29.6 Å². The number of halogens is 1. The third-order valence-electron chi connectivity index (χ3n) is 6.46. The van der Waals surface area contributed by atoms with E-state index >= 15 is 0 Å². The zero-order valence-corrected chi connectivity index (χ0v) is 17.7. The van der Waals surface area contributed by atoms with Gasteiger partial charge in [0, 0.05) is 0 Å². The maximum atomic E-state index is 13.6. The molecule has 0 saturated carbocycles. The average molecular weight is 414 g/mol. The Kier molecular flexibility index (Phi) is 6.65. The fourth-order valence-electron chi connectivity index (χ4n) is 4.84. The second-order valence-electron chi connectivity index (χ2n) is 8.52. The van der Waals surface area contributed by atoms with Crippen molar-refractivity contribution in [2.75, 3.05) is 39.8 Å². The maximum absolute atomic E-state index is 13.6. The van der Waals surface area contributed by atoms with Gasteiger partial charge in [0.25, 0.3) is 5.91 Å². The van der Waals surface area contributed by atoms with E-state index in [-0.39, 0.29) is 17.8 Å². The number of hydrogen-bond acceptors (Lipinski definition) is 2. The molecule has 1 fully saturated rings. The number of fused-ring (bicyclic) bond motifs is 1. The van der Waals surface area contributed by atoms with Gasteiger partial charge in [-0.1, -0.05) is 24.3 Å². The molecule has 1 atom stereocenters. The molecule has 2 aliphatic rings. The van der Waals surface area contributed by atoms with Crippen molar-refractivity contribution >= 4 is 5.91 Å². The molecule has 0 bridgehead atoms. The van der Waals surface area contributed by atoms with E-state index in [9.17, 15) is 9.18 Å². The topological polar surface area (TPSA) is 47.2 Å². The van der Waals surface area contributed by atoms with Gasteiger partial charge in [0.15, 0.2) is 6.54 Å². The lowest BCUT2D eigenvalue weighted by atomic mass is 9.88. The quantitative estimate of drug-likeness (QED) is 0.639. The first kappa shape index (κ1) is 20.8. The van der Waals surface area contributed by atoms with Crippen molar-refractivity contribution < 1.29 is 23.7 Å². The SMILES string of the molecule is COc1ccc(F)cc1C[NH+]1CC[NH+](CC(=O)N[C@@H]2CCCc3ccccc32)CC1. The summed E-state index contributed by atoms with van der Waals surface area (Å²) in [4.78, 5) is 15.4. The van der Waals surface area contributed by atoms with Crippen LogP contribution in [-0.4, -0.2) is 45.7 Å². The summed E-state index contributed by atoms with van der Waals surface area (Å²) in [7, 11) is 1.62. The summed E-state index contributed by atoms with van der Waals surface area (Å²) in [6, 6.07) is 13.3. The van der Waals surface area contributed by atoms with Crippen LogP contribution in [0.15, 0.2) is 42.5 Å². The molecule has 1 aliphatic heterocycles. The van der Waals surface area contributed by atoms with E-state index < -0.39 is 0 Å². The Morgan fingerprint density at radius 3 is 2.70 bits per heavy atom. The summed E-state index contributed by atoms with van der Waals surface area (Å²) in [5.41, 5.74) is 3.56. The van der Waals surface area contributed by atoms with Gasteiger partial charge in [-0.3, -0.25) is 4.79 Å². The number of amides is 1. The zero-order chi connectivity index (χ0) is 20.9.